The molecule has 1 atom stereocenters. The molecule has 0 saturated carbocycles. The summed E-state index contributed by atoms with van der Waals surface area (Å²) >= 11 is 0. The molecule has 0 spiro atoms. The lowest BCUT2D eigenvalue weighted by atomic mass is 9.91. The van der Waals surface area contributed by atoms with Gasteiger partial charge in [-0.3, -0.25) is 0 Å². The molecule has 0 fully saturated rings. The van der Waals surface area contributed by atoms with Gasteiger partial charge in [0.25, 0.3) is 0 Å². The van der Waals surface area contributed by atoms with Gasteiger partial charge in [-0.2, -0.15) is 13.2 Å². The summed E-state index contributed by atoms with van der Waals surface area (Å²) in [6.45, 7) is 3.20. The Morgan fingerprint density at radius 3 is 2.35 bits per heavy atom. The first-order chi connectivity index (χ1) is 7.76. The number of aliphatic hydroxyl groups is 1. The number of benzene rings is 1. The van der Waals surface area contributed by atoms with E-state index in [-0.39, 0.29) is 11.3 Å². The van der Waals surface area contributed by atoms with Crippen LogP contribution < -0.4 is 4.74 Å². The van der Waals surface area contributed by atoms with E-state index in [2.05, 4.69) is 0 Å². The van der Waals surface area contributed by atoms with Crippen LogP contribution >= 0.6 is 0 Å². The van der Waals surface area contributed by atoms with Gasteiger partial charge in [0.1, 0.15) is 5.75 Å². The molecular formula is C12H15F3O2. The summed E-state index contributed by atoms with van der Waals surface area (Å²) in [5.74, 6) is 0.282. The third kappa shape index (κ3) is 3.93. The van der Waals surface area contributed by atoms with Crippen molar-refractivity contribution < 1.29 is 23.0 Å². The van der Waals surface area contributed by atoms with Crippen molar-refractivity contribution in [3.05, 3.63) is 29.8 Å². The van der Waals surface area contributed by atoms with Crippen LogP contribution in [-0.2, 0) is 5.60 Å². The number of para-hydroxylation sites is 1. The first-order valence-corrected chi connectivity index (χ1v) is 5.27. The third-order valence-corrected chi connectivity index (χ3v) is 2.31. The van der Waals surface area contributed by atoms with Gasteiger partial charge in [0, 0.05) is 5.56 Å². The molecule has 0 amide bonds. The molecule has 0 aromatic heterocycles. The van der Waals surface area contributed by atoms with Crippen LogP contribution in [0.15, 0.2) is 24.3 Å². The van der Waals surface area contributed by atoms with Crippen LogP contribution in [0.3, 0.4) is 0 Å². The molecule has 0 heterocycles. The maximum atomic E-state index is 12.4. The van der Waals surface area contributed by atoms with Gasteiger partial charge in [-0.1, -0.05) is 18.2 Å². The van der Waals surface area contributed by atoms with Gasteiger partial charge in [0.2, 0.25) is 0 Å². The highest BCUT2D eigenvalue weighted by atomic mass is 19.4. The first kappa shape index (κ1) is 13.8. The summed E-state index contributed by atoms with van der Waals surface area (Å²) in [7, 11) is 0. The van der Waals surface area contributed by atoms with Crippen LogP contribution in [0.4, 0.5) is 13.2 Å². The molecule has 0 bridgehead atoms. The van der Waals surface area contributed by atoms with E-state index >= 15 is 0 Å². The number of ether oxygens (including phenoxy) is 1. The predicted molar refractivity (Wildman–Crippen MR) is 57.9 cm³/mol. The fourth-order valence-corrected chi connectivity index (χ4v) is 1.68. The van der Waals surface area contributed by atoms with E-state index in [1.165, 1.54) is 6.07 Å². The van der Waals surface area contributed by atoms with E-state index in [0.29, 0.717) is 6.61 Å². The summed E-state index contributed by atoms with van der Waals surface area (Å²) in [6.07, 6.45) is -5.73. The fraction of sp³-hybridized carbons (Fsp3) is 0.500. The van der Waals surface area contributed by atoms with E-state index in [0.717, 1.165) is 6.92 Å². The molecule has 1 rings (SSSR count). The lowest BCUT2D eigenvalue weighted by molar-refractivity contribution is -0.174. The molecule has 1 unspecified atom stereocenters. The zero-order chi connectivity index (χ0) is 13.1. The highest BCUT2D eigenvalue weighted by Crippen LogP contribution is 2.38. The molecule has 2 nitrogen and oxygen atoms in total. The average molecular weight is 248 g/mol. The topological polar surface area (TPSA) is 29.5 Å². The van der Waals surface area contributed by atoms with Crippen LogP contribution in [0.25, 0.3) is 0 Å². The molecule has 0 aliphatic carbocycles. The molecule has 0 aliphatic heterocycles. The largest absolute Gasteiger partial charge is 0.493 e. The Balaban J connectivity index is 3.05. The van der Waals surface area contributed by atoms with Crippen LogP contribution in [0.1, 0.15) is 25.8 Å². The monoisotopic (exact) mass is 248 g/mol. The smallest absolute Gasteiger partial charge is 0.392 e. The van der Waals surface area contributed by atoms with Crippen molar-refractivity contribution in [3.63, 3.8) is 0 Å². The van der Waals surface area contributed by atoms with Gasteiger partial charge in [-0.25, -0.2) is 0 Å². The Kier molecular flexibility index (Phi) is 4.03. The SMILES string of the molecule is CCOc1ccccc1C(C)(O)CC(F)(F)F. The van der Waals surface area contributed by atoms with Gasteiger partial charge >= 0.3 is 6.18 Å². The molecule has 1 aromatic rings. The quantitative estimate of drug-likeness (QED) is 0.886. The number of rotatable bonds is 4. The zero-order valence-corrected chi connectivity index (χ0v) is 9.71. The van der Waals surface area contributed by atoms with E-state index in [4.69, 9.17) is 4.74 Å². The second kappa shape index (κ2) is 4.96. The van der Waals surface area contributed by atoms with Gasteiger partial charge in [0.05, 0.1) is 18.6 Å². The molecule has 96 valence electrons. The van der Waals surface area contributed by atoms with Gasteiger partial charge in [-0.05, 0) is 19.9 Å². The Bertz CT molecular complexity index is 372. The van der Waals surface area contributed by atoms with E-state index in [1.807, 2.05) is 0 Å². The second-order valence-corrected chi connectivity index (χ2v) is 3.99. The van der Waals surface area contributed by atoms with Crippen molar-refractivity contribution in [2.24, 2.45) is 0 Å². The number of halogens is 3. The van der Waals surface area contributed by atoms with E-state index in [9.17, 15) is 18.3 Å². The molecule has 0 saturated heterocycles. The lowest BCUT2D eigenvalue weighted by Crippen LogP contribution is -2.29. The molecule has 0 aliphatic rings. The van der Waals surface area contributed by atoms with E-state index < -0.39 is 18.2 Å². The van der Waals surface area contributed by atoms with Crippen molar-refractivity contribution >= 4 is 0 Å². The molecule has 1 aromatic carbocycles. The van der Waals surface area contributed by atoms with Gasteiger partial charge in [-0.15, -0.1) is 0 Å². The van der Waals surface area contributed by atoms with Crippen LogP contribution in [-0.4, -0.2) is 17.9 Å². The van der Waals surface area contributed by atoms with E-state index in [1.54, 1.807) is 25.1 Å². The maximum absolute atomic E-state index is 12.4. The highest BCUT2D eigenvalue weighted by molar-refractivity contribution is 5.37. The first-order valence-electron chi connectivity index (χ1n) is 5.27. The predicted octanol–water partition coefficient (Wildman–Crippen LogP) is 3.25. The van der Waals surface area contributed by atoms with Crippen molar-refractivity contribution in [1.82, 2.24) is 0 Å². The zero-order valence-electron chi connectivity index (χ0n) is 9.71. The minimum atomic E-state index is -4.43. The third-order valence-electron chi connectivity index (χ3n) is 2.31. The van der Waals surface area contributed by atoms with Crippen molar-refractivity contribution in [1.29, 1.82) is 0 Å². The minimum Gasteiger partial charge on any atom is -0.493 e. The maximum Gasteiger partial charge on any atom is 0.392 e. The number of hydrogen-bond donors (Lipinski definition) is 1. The second-order valence-electron chi connectivity index (χ2n) is 3.99. The Hall–Kier alpha value is -1.23. The Morgan fingerprint density at radius 1 is 1.24 bits per heavy atom. The number of hydrogen-bond acceptors (Lipinski definition) is 2. The van der Waals surface area contributed by atoms with Crippen molar-refractivity contribution in [2.45, 2.75) is 32.0 Å². The summed E-state index contributed by atoms with van der Waals surface area (Å²) < 4.78 is 42.3. The van der Waals surface area contributed by atoms with Gasteiger partial charge < -0.3 is 9.84 Å². The molecule has 5 heteroatoms. The van der Waals surface area contributed by atoms with Crippen molar-refractivity contribution in [2.75, 3.05) is 6.61 Å². The minimum absolute atomic E-state index is 0.152. The van der Waals surface area contributed by atoms with Gasteiger partial charge in [0.15, 0.2) is 0 Å². The van der Waals surface area contributed by atoms with Crippen molar-refractivity contribution in [3.8, 4) is 5.75 Å². The Morgan fingerprint density at radius 2 is 1.82 bits per heavy atom. The Labute approximate surface area is 98.0 Å². The summed E-state index contributed by atoms with van der Waals surface area (Å²) in [4.78, 5) is 0. The highest BCUT2D eigenvalue weighted by Gasteiger charge is 2.40. The van der Waals surface area contributed by atoms with Crippen LogP contribution in [0, 0.1) is 0 Å². The summed E-state index contributed by atoms with van der Waals surface area (Å²) in [5.41, 5.74) is -1.83. The molecular weight excluding hydrogens is 233 g/mol. The normalized spacial score (nSPS) is 15.4. The summed E-state index contributed by atoms with van der Waals surface area (Å²) in [6, 6.07) is 6.21. The van der Waals surface area contributed by atoms with Crippen LogP contribution in [0.5, 0.6) is 5.75 Å². The van der Waals surface area contributed by atoms with Crippen LogP contribution in [0.2, 0.25) is 0 Å². The number of alkyl halides is 3. The summed E-state index contributed by atoms with van der Waals surface area (Å²) in [5, 5.41) is 9.93. The molecule has 0 radical (unpaired) electrons. The average Bonchev–Trinajstić information content (AvgIpc) is 2.15. The molecule has 17 heavy (non-hydrogen) atoms. The molecule has 1 N–H and O–H groups in total. The fourth-order valence-electron chi connectivity index (χ4n) is 1.68. The lowest BCUT2D eigenvalue weighted by Gasteiger charge is -2.27. The standard InChI is InChI=1S/C12H15F3O2/c1-3-17-10-7-5-4-6-9(10)11(2,16)8-12(13,14)15/h4-7,16H,3,8H2,1-2H3.